The lowest BCUT2D eigenvalue weighted by Gasteiger charge is -2.11. The second-order valence-corrected chi connectivity index (χ2v) is 12.6. The van der Waals surface area contributed by atoms with E-state index in [0.29, 0.717) is 0 Å². The van der Waals surface area contributed by atoms with Crippen LogP contribution in [0.5, 0.6) is 0 Å². The van der Waals surface area contributed by atoms with Crippen LogP contribution >= 0.6 is 0 Å². The molecule has 222 valence electrons. The van der Waals surface area contributed by atoms with Crippen LogP contribution < -0.4 is 4.57 Å². The lowest BCUT2D eigenvalue weighted by molar-refractivity contribution is -0.591. The first kappa shape index (κ1) is 25.6. The molecule has 0 saturated carbocycles. The smallest absolute Gasteiger partial charge is 0.308 e. The van der Waals surface area contributed by atoms with Gasteiger partial charge in [0.15, 0.2) is 5.52 Å². The Morgan fingerprint density at radius 3 is 1.90 bits per heavy atom. The first-order chi connectivity index (χ1) is 23.8. The maximum absolute atomic E-state index is 5.49. The van der Waals surface area contributed by atoms with Crippen LogP contribution in [-0.4, -0.2) is 14.0 Å². The first-order valence-corrected chi connectivity index (χ1v) is 16.4. The predicted octanol–water partition coefficient (Wildman–Crippen LogP) is 10.4. The van der Waals surface area contributed by atoms with Crippen molar-refractivity contribution >= 4 is 70.8 Å². The molecule has 0 spiro atoms. The van der Waals surface area contributed by atoms with Gasteiger partial charge < -0.3 is 4.40 Å². The van der Waals surface area contributed by atoms with Gasteiger partial charge in [-0.15, -0.1) is 0 Å². The van der Waals surface area contributed by atoms with Crippen molar-refractivity contribution in [2.24, 2.45) is 0 Å². The SMILES string of the molecule is c1ccc(-c2cc3c4ccccc4n4c5ccccc5c5cccc6c5c(c2n6-c2nc5ccccc5c[n+]2-c2ccccc2)c34)cc1. The molecule has 0 bridgehead atoms. The van der Waals surface area contributed by atoms with Crippen molar-refractivity contribution in [3.8, 4) is 22.8 Å². The van der Waals surface area contributed by atoms with Crippen LogP contribution in [-0.2, 0) is 0 Å². The molecule has 11 rings (SSSR count). The monoisotopic (exact) mass is 611 g/mol. The molecule has 7 aromatic carbocycles. The molecule has 48 heavy (non-hydrogen) atoms. The molecule has 4 aromatic heterocycles. The summed E-state index contributed by atoms with van der Waals surface area (Å²) in [7, 11) is 0. The van der Waals surface area contributed by atoms with E-state index in [1.807, 2.05) is 0 Å². The van der Waals surface area contributed by atoms with Crippen LogP contribution in [0.2, 0.25) is 0 Å². The van der Waals surface area contributed by atoms with Crippen LogP contribution in [0.4, 0.5) is 0 Å². The molecule has 0 saturated heterocycles. The van der Waals surface area contributed by atoms with Crippen molar-refractivity contribution in [2.45, 2.75) is 0 Å². The largest absolute Gasteiger partial charge is 0.409 e. The van der Waals surface area contributed by atoms with E-state index in [1.54, 1.807) is 0 Å². The molecule has 0 amide bonds. The van der Waals surface area contributed by atoms with E-state index in [0.717, 1.165) is 33.6 Å². The number of rotatable bonds is 3. The summed E-state index contributed by atoms with van der Waals surface area (Å²) in [5.74, 6) is 0.852. The van der Waals surface area contributed by atoms with Crippen molar-refractivity contribution in [1.82, 2.24) is 14.0 Å². The number of benzene rings is 7. The lowest BCUT2D eigenvalue weighted by Crippen LogP contribution is -2.37. The number of para-hydroxylation sites is 4. The van der Waals surface area contributed by atoms with Crippen LogP contribution in [0.15, 0.2) is 164 Å². The molecule has 4 nitrogen and oxygen atoms in total. The van der Waals surface area contributed by atoms with Crippen LogP contribution in [0, 0.1) is 0 Å². The van der Waals surface area contributed by atoms with E-state index in [4.69, 9.17) is 4.98 Å². The van der Waals surface area contributed by atoms with Crippen LogP contribution in [0.1, 0.15) is 0 Å². The Hall–Kier alpha value is -6.52. The summed E-state index contributed by atoms with van der Waals surface area (Å²) in [6.45, 7) is 0. The highest BCUT2D eigenvalue weighted by Crippen LogP contribution is 2.48. The highest BCUT2D eigenvalue weighted by Gasteiger charge is 2.31. The summed E-state index contributed by atoms with van der Waals surface area (Å²) >= 11 is 0. The Kier molecular flexibility index (Phi) is 5.08. The van der Waals surface area contributed by atoms with Crippen molar-refractivity contribution in [3.63, 3.8) is 0 Å². The summed E-state index contributed by atoms with van der Waals surface area (Å²) in [5, 5.41) is 8.56. The second kappa shape index (κ2) is 9.50. The Labute approximate surface area is 275 Å². The zero-order valence-corrected chi connectivity index (χ0v) is 25.9. The molecule has 0 unspecified atom stereocenters. The molecule has 0 N–H and O–H groups in total. The Morgan fingerprint density at radius 2 is 1.10 bits per heavy atom. The van der Waals surface area contributed by atoms with Gasteiger partial charge in [0.05, 0.1) is 28.1 Å². The number of fused-ring (bicyclic) bond motifs is 7. The van der Waals surface area contributed by atoms with E-state index in [-0.39, 0.29) is 0 Å². The third-order valence-electron chi connectivity index (χ3n) is 10.1. The fourth-order valence-corrected chi connectivity index (χ4v) is 8.11. The van der Waals surface area contributed by atoms with Crippen molar-refractivity contribution in [2.75, 3.05) is 0 Å². The first-order valence-electron chi connectivity index (χ1n) is 16.4. The standard InChI is InChI=1S/C44H27N4/c1-3-14-28(15-4-1)34-26-35-32-20-9-12-24-38(32)47-37-23-11-8-19-31(37)33-21-13-25-39-40(33)41(43(35)47)42(34)48(39)44-45-36-22-10-7-16-29(36)27-46(44)30-17-5-2-6-18-30/h1-27H/q+1. The van der Waals surface area contributed by atoms with Crippen molar-refractivity contribution in [1.29, 1.82) is 0 Å². The molecule has 0 fully saturated rings. The summed E-state index contributed by atoms with van der Waals surface area (Å²) < 4.78 is 7.17. The van der Waals surface area contributed by atoms with E-state index in [9.17, 15) is 0 Å². The molecule has 11 aromatic rings. The minimum absolute atomic E-state index is 0.852. The van der Waals surface area contributed by atoms with Gasteiger partial charge in [-0.2, -0.15) is 4.57 Å². The average molecular weight is 612 g/mol. The van der Waals surface area contributed by atoms with Gasteiger partial charge >= 0.3 is 5.95 Å². The zero-order valence-electron chi connectivity index (χ0n) is 25.9. The predicted molar refractivity (Wildman–Crippen MR) is 198 cm³/mol. The molecular formula is C44H27N4+. The summed E-state index contributed by atoms with van der Waals surface area (Å²) in [4.78, 5) is 5.49. The van der Waals surface area contributed by atoms with E-state index in [2.05, 4.69) is 177 Å². The zero-order chi connectivity index (χ0) is 31.3. The minimum atomic E-state index is 0.852. The molecule has 4 heterocycles. The Balaban J connectivity index is 1.48. The lowest BCUT2D eigenvalue weighted by atomic mass is 9.97. The number of nitrogens with zero attached hydrogens (tertiary/aromatic N) is 4. The van der Waals surface area contributed by atoms with Gasteiger partial charge in [0, 0.05) is 32.5 Å². The molecule has 0 radical (unpaired) electrons. The number of hydrogen-bond donors (Lipinski definition) is 0. The minimum Gasteiger partial charge on any atom is -0.308 e. The molecule has 0 aliphatic rings. The Bertz CT molecular complexity index is 3040. The van der Waals surface area contributed by atoms with Crippen LogP contribution in [0.3, 0.4) is 0 Å². The normalized spacial score (nSPS) is 12.2. The maximum Gasteiger partial charge on any atom is 0.409 e. The van der Waals surface area contributed by atoms with Gasteiger partial charge in [-0.05, 0) is 59.5 Å². The van der Waals surface area contributed by atoms with Gasteiger partial charge in [-0.25, -0.2) is 4.57 Å². The third kappa shape index (κ3) is 3.33. The van der Waals surface area contributed by atoms with Gasteiger partial charge in [-0.3, -0.25) is 0 Å². The average Bonchev–Trinajstić information content (AvgIpc) is 3.63. The summed E-state index contributed by atoms with van der Waals surface area (Å²) in [6, 6.07) is 56.7. The quantitative estimate of drug-likeness (QED) is 0.183. The molecule has 0 aliphatic carbocycles. The fraction of sp³-hybridized carbons (Fsp3) is 0. The highest BCUT2D eigenvalue weighted by molar-refractivity contribution is 6.35. The summed E-state index contributed by atoms with van der Waals surface area (Å²) in [5.41, 5.74) is 10.3. The number of aromatic nitrogens is 4. The Morgan fingerprint density at radius 1 is 0.479 bits per heavy atom. The third-order valence-corrected chi connectivity index (χ3v) is 10.1. The molecule has 0 atom stereocenters. The summed E-state index contributed by atoms with van der Waals surface area (Å²) in [6.07, 6.45) is 2.23. The van der Waals surface area contributed by atoms with E-state index < -0.39 is 0 Å². The number of hydrogen-bond acceptors (Lipinski definition) is 1. The van der Waals surface area contributed by atoms with E-state index in [1.165, 1.54) is 60.0 Å². The van der Waals surface area contributed by atoms with Crippen LogP contribution in [0.25, 0.3) is 93.6 Å². The topological polar surface area (TPSA) is 26.1 Å². The van der Waals surface area contributed by atoms with Crippen molar-refractivity contribution < 1.29 is 4.57 Å². The molecule has 4 heteroatoms. The van der Waals surface area contributed by atoms with Gasteiger partial charge in [0.1, 0.15) is 16.7 Å². The molecule has 0 aliphatic heterocycles. The van der Waals surface area contributed by atoms with Gasteiger partial charge in [-0.1, -0.05) is 114 Å². The van der Waals surface area contributed by atoms with Crippen molar-refractivity contribution in [3.05, 3.63) is 164 Å². The maximum atomic E-state index is 5.49. The van der Waals surface area contributed by atoms with Gasteiger partial charge in [0.2, 0.25) is 0 Å². The second-order valence-electron chi connectivity index (χ2n) is 12.6. The van der Waals surface area contributed by atoms with E-state index >= 15 is 0 Å². The highest BCUT2D eigenvalue weighted by atomic mass is 15.2. The van der Waals surface area contributed by atoms with Gasteiger partial charge in [0.25, 0.3) is 0 Å². The fourth-order valence-electron chi connectivity index (χ4n) is 8.11. The molecular weight excluding hydrogens is 585 g/mol.